The van der Waals surface area contributed by atoms with E-state index in [2.05, 4.69) is 39.0 Å². The lowest BCUT2D eigenvalue weighted by molar-refractivity contribution is 0.414. The maximum atomic E-state index is 5.26. The van der Waals surface area contributed by atoms with Gasteiger partial charge in [0.1, 0.15) is 5.75 Å². The molecule has 0 amide bonds. The Labute approximate surface area is 106 Å². The number of ether oxygens (including phenoxy) is 1. The predicted molar refractivity (Wildman–Crippen MR) is 75.4 cm³/mol. The van der Waals surface area contributed by atoms with Gasteiger partial charge < -0.3 is 4.74 Å². The quantitative estimate of drug-likeness (QED) is 0.622. The Balaban J connectivity index is 2.78. The molecule has 0 aromatic heterocycles. The van der Waals surface area contributed by atoms with Gasteiger partial charge in [-0.1, -0.05) is 37.5 Å². The van der Waals surface area contributed by atoms with E-state index in [0.717, 1.165) is 5.75 Å². The summed E-state index contributed by atoms with van der Waals surface area (Å²) in [5.41, 5.74) is 4.16. The fourth-order valence-corrected chi connectivity index (χ4v) is 1.93. The molecule has 94 valence electrons. The smallest absolute Gasteiger partial charge is 0.119 e. The standard InChI is InChI=1S/C16H24O/c1-5-6-7-9-13(2)14(3)15-10-8-11-16(12-15)17-4/h8,10-12H,5-7,9H2,1-4H3/b14-13+. The Bertz CT molecular complexity index is 377. The van der Waals surface area contributed by atoms with Crippen LogP contribution in [0.4, 0.5) is 0 Å². The Kier molecular flexibility index (Phi) is 5.82. The van der Waals surface area contributed by atoms with Crippen LogP contribution in [0, 0.1) is 0 Å². The Hall–Kier alpha value is -1.24. The highest BCUT2D eigenvalue weighted by molar-refractivity contribution is 5.67. The zero-order chi connectivity index (χ0) is 12.7. The normalized spacial score (nSPS) is 12.2. The molecular formula is C16H24O. The molecule has 1 nitrogen and oxygen atoms in total. The first kappa shape index (κ1) is 13.8. The van der Waals surface area contributed by atoms with E-state index in [-0.39, 0.29) is 0 Å². The fourth-order valence-electron chi connectivity index (χ4n) is 1.93. The predicted octanol–water partition coefficient (Wildman–Crippen LogP) is 5.07. The molecule has 0 unspecified atom stereocenters. The Morgan fingerprint density at radius 3 is 2.59 bits per heavy atom. The van der Waals surface area contributed by atoms with Crippen LogP contribution in [0.5, 0.6) is 5.75 Å². The van der Waals surface area contributed by atoms with E-state index in [1.165, 1.54) is 42.4 Å². The molecule has 17 heavy (non-hydrogen) atoms. The van der Waals surface area contributed by atoms with Gasteiger partial charge in [-0.05, 0) is 50.0 Å². The second-order valence-corrected chi connectivity index (χ2v) is 4.59. The van der Waals surface area contributed by atoms with Gasteiger partial charge >= 0.3 is 0 Å². The van der Waals surface area contributed by atoms with Crippen LogP contribution in [-0.4, -0.2) is 7.11 Å². The number of benzene rings is 1. The first-order valence-electron chi connectivity index (χ1n) is 6.49. The monoisotopic (exact) mass is 232 g/mol. The average Bonchev–Trinajstić information content (AvgIpc) is 2.38. The van der Waals surface area contributed by atoms with Gasteiger partial charge in [-0.15, -0.1) is 0 Å². The molecule has 1 aromatic carbocycles. The summed E-state index contributed by atoms with van der Waals surface area (Å²) in [4.78, 5) is 0. The lowest BCUT2D eigenvalue weighted by atomic mass is 9.98. The van der Waals surface area contributed by atoms with Crippen molar-refractivity contribution in [3.63, 3.8) is 0 Å². The van der Waals surface area contributed by atoms with Crippen LogP contribution in [0.3, 0.4) is 0 Å². The Morgan fingerprint density at radius 2 is 1.94 bits per heavy atom. The zero-order valence-electron chi connectivity index (χ0n) is 11.5. The minimum Gasteiger partial charge on any atom is -0.497 e. The summed E-state index contributed by atoms with van der Waals surface area (Å²) in [6.07, 6.45) is 5.11. The van der Waals surface area contributed by atoms with E-state index in [1.807, 2.05) is 6.07 Å². The molecule has 0 spiro atoms. The number of hydrogen-bond donors (Lipinski definition) is 0. The highest BCUT2D eigenvalue weighted by Gasteiger charge is 2.02. The highest BCUT2D eigenvalue weighted by Crippen LogP contribution is 2.24. The van der Waals surface area contributed by atoms with E-state index >= 15 is 0 Å². The van der Waals surface area contributed by atoms with Gasteiger partial charge in [0, 0.05) is 0 Å². The van der Waals surface area contributed by atoms with Gasteiger partial charge in [0.05, 0.1) is 7.11 Å². The lowest BCUT2D eigenvalue weighted by Crippen LogP contribution is -1.89. The number of methoxy groups -OCH3 is 1. The van der Waals surface area contributed by atoms with Crippen LogP contribution in [0.1, 0.15) is 52.0 Å². The number of unbranched alkanes of at least 4 members (excludes halogenated alkanes) is 2. The van der Waals surface area contributed by atoms with Crippen LogP contribution in [0.2, 0.25) is 0 Å². The summed E-state index contributed by atoms with van der Waals surface area (Å²) in [6.45, 7) is 6.69. The zero-order valence-corrected chi connectivity index (χ0v) is 11.5. The van der Waals surface area contributed by atoms with Crippen LogP contribution in [-0.2, 0) is 0 Å². The van der Waals surface area contributed by atoms with Gasteiger partial charge in [0.25, 0.3) is 0 Å². The van der Waals surface area contributed by atoms with Crippen molar-refractivity contribution in [2.24, 2.45) is 0 Å². The molecule has 1 heteroatoms. The molecule has 0 radical (unpaired) electrons. The maximum absolute atomic E-state index is 5.26. The molecule has 0 aliphatic rings. The molecule has 0 saturated carbocycles. The van der Waals surface area contributed by atoms with Crippen LogP contribution >= 0.6 is 0 Å². The molecular weight excluding hydrogens is 208 g/mol. The van der Waals surface area contributed by atoms with E-state index in [9.17, 15) is 0 Å². The van der Waals surface area contributed by atoms with Gasteiger partial charge in [0.2, 0.25) is 0 Å². The molecule has 1 aromatic rings. The maximum Gasteiger partial charge on any atom is 0.119 e. The highest BCUT2D eigenvalue weighted by atomic mass is 16.5. The summed E-state index contributed by atoms with van der Waals surface area (Å²) in [6, 6.07) is 8.31. The average molecular weight is 232 g/mol. The fraction of sp³-hybridized carbons (Fsp3) is 0.500. The molecule has 0 saturated heterocycles. The van der Waals surface area contributed by atoms with E-state index < -0.39 is 0 Å². The van der Waals surface area contributed by atoms with Crippen molar-refractivity contribution in [2.45, 2.75) is 46.5 Å². The largest absolute Gasteiger partial charge is 0.497 e. The number of allylic oxidation sites excluding steroid dienone is 2. The van der Waals surface area contributed by atoms with E-state index in [4.69, 9.17) is 4.74 Å². The Morgan fingerprint density at radius 1 is 1.18 bits per heavy atom. The van der Waals surface area contributed by atoms with Crippen molar-refractivity contribution < 1.29 is 4.74 Å². The SMILES string of the molecule is CCCCC/C(C)=C(\C)c1cccc(OC)c1. The van der Waals surface area contributed by atoms with Crippen LogP contribution in [0.25, 0.3) is 5.57 Å². The van der Waals surface area contributed by atoms with Crippen molar-refractivity contribution in [1.82, 2.24) is 0 Å². The minimum atomic E-state index is 0.934. The molecule has 0 aliphatic carbocycles. The summed E-state index contributed by atoms with van der Waals surface area (Å²) >= 11 is 0. The van der Waals surface area contributed by atoms with E-state index in [1.54, 1.807) is 7.11 Å². The van der Waals surface area contributed by atoms with Gasteiger partial charge in [-0.25, -0.2) is 0 Å². The summed E-state index contributed by atoms with van der Waals surface area (Å²) in [5, 5.41) is 0. The lowest BCUT2D eigenvalue weighted by Gasteiger charge is -2.09. The van der Waals surface area contributed by atoms with Crippen LogP contribution in [0.15, 0.2) is 29.8 Å². The summed E-state index contributed by atoms with van der Waals surface area (Å²) in [7, 11) is 1.71. The molecule has 0 N–H and O–H groups in total. The van der Waals surface area contributed by atoms with Crippen molar-refractivity contribution in [3.8, 4) is 5.75 Å². The third kappa shape index (κ3) is 4.26. The molecule has 1 rings (SSSR count). The van der Waals surface area contributed by atoms with Crippen molar-refractivity contribution >= 4 is 5.57 Å². The molecule has 0 aliphatic heterocycles. The molecule has 0 heterocycles. The van der Waals surface area contributed by atoms with Gasteiger partial charge in [-0.2, -0.15) is 0 Å². The number of rotatable bonds is 6. The third-order valence-corrected chi connectivity index (χ3v) is 3.30. The first-order chi connectivity index (χ1) is 8.19. The topological polar surface area (TPSA) is 9.23 Å². The third-order valence-electron chi connectivity index (χ3n) is 3.30. The van der Waals surface area contributed by atoms with Crippen LogP contribution < -0.4 is 4.74 Å². The van der Waals surface area contributed by atoms with Gasteiger partial charge in [-0.3, -0.25) is 0 Å². The minimum absolute atomic E-state index is 0.934. The molecule has 0 fully saturated rings. The summed E-state index contributed by atoms with van der Waals surface area (Å²) < 4.78 is 5.26. The second kappa shape index (κ2) is 7.16. The first-order valence-corrected chi connectivity index (χ1v) is 6.49. The van der Waals surface area contributed by atoms with Gasteiger partial charge in [0.15, 0.2) is 0 Å². The van der Waals surface area contributed by atoms with E-state index in [0.29, 0.717) is 0 Å². The summed E-state index contributed by atoms with van der Waals surface area (Å²) in [5.74, 6) is 0.934. The van der Waals surface area contributed by atoms with Crippen molar-refractivity contribution in [1.29, 1.82) is 0 Å². The second-order valence-electron chi connectivity index (χ2n) is 4.59. The molecule has 0 atom stereocenters. The number of hydrogen-bond acceptors (Lipinski definition) is 1. The van der Waals surface area contributed by atoms with Crippen molar-refractivity contribution in [2.75, 3.05) is 7.11 Å². The molecule has 0 bridgehead atoms. The van der Waals surface area contributed by atoms with Crippen molar-refractivity contribution in [3.05, 3.63) is 35.4 Å².